The Morgan fingerprint density at radius 3 is 2.15 bits per heavy atom. The number of benzene rings is 4. The van der Waals surface area contributed by atoms with Crippen LogP contribution in [-0.4, -0.2) is 29.6 Å². The van der Waals surface area contributed by atoms with Crippen LogP contribution in [0.25, 0.3) is 17.4 Å². The van der Waals surface area contributed by atoms with Crippen molar-refractivity contribution in [1.29, 1.82) is 0 Å². The number of amides is 3. The molecule has 47 heavy (non-hydrogen) atoms. The number of hydrogen-bond donors (Lipinski definition) is 3. The van der Waals surface area contributed by atoms with E-state index < -0.39 is 11.8 Å². The molecule has 3 amide bonds. The van der Waals surface area contributed by atoms with Crippen molar-refractivity contribution in [2.45, 2.75) is 30.9 Å². The highest BCUT2D eigenvalue weighted by atomic mass is 32.2. The second-order valence-corrected chi connectivity index (χ2v) is 12.0. The van der Waals surface area contributed by atoms with E-state index in [1.807, 2.05) is 81.4 Å². The summed E-state index contributed by atoms with van der Waals surface area (Å²) in [5, 5.41) is 8.13. The Labute approximate surface area is 278 Å². The first-order valence-corrected chi connectivity index (χ1v) is 16.0. The Bertz CT molecular complexity index is 1850. The summed E-state index contributed by atoms with van der Waals surface area (Å²) in [4.78, 5) is 40.1. The molecule has 1 heterocycles. The molecule has 0 aliphatic heterocycles. The zero-order chi connectivity index (χ0) is 33.2. The first kappa shape index (κ1) is 32.8. The molecule has 0 bridgehead atoms. The van der Waals surface area contributed by atoms with Gasteiger partial charge in [0.15, 0.2) is 0 Å². The highest BCUT2D eigenvalue weighted by Crippen LogP contribution is 2.27. The Kier molecular flexibility index (Phi) is 10.9. The van der Waals surface area contributed by atoms with Gasteiger partial charge in [-0.05, 0) is 93.6 Å². The van der Waals surface area contributed by atoms with Crippen molar-refractivity contribution in [1.82, 2.24) is 5.32 Å². The molecule has 0 saturated heterocycles. The minimum atomic E-state index is -0.522. The molecule has 9 heteroatoms. The maximum atomic E-state index is 13.5. The number of thioether (sulfide) groups is 1. The van der Waals surface area contributed by atoms with Gasteiger partial charge < -0.3 is 25.1 Å². The first-order valence-electron chi connectivity index (χ1n) is 15.1. The highest BCUT2D eigenvalue weighted by Gasteiger charge is 2.18. The van der Waals surface area contributed by atoms with Gasteiger partial charge >= 0.3 is 0 Å². The van der Waals surface area contributed by atoms with Crippen molar-refractivity contribution < 1.29 is 23.5 Å². The number of anilines is 2. The molecule has 0 fully saturated rings. The maximum Gasteiger partial charge on any atom is 0.272 e. The van der Waals surface area contributed by atoms with Gasteiger partial charge in [0.1, 0.15) is 23.0 Å². The quantitative estimate of drug-likeness (QED) is 0.0933. The van der Waals surface area contributed by atoms with E-state index in [0.29, 0.717) is 35.1 Å². The first-order chi connectivity index (χ1) is 22.8. The summed E-state index contributed by atoms with van der Waals surface area (Å²) in [5.41, 5.74) is 3.67. The van der Waals surface area contributed by atoms with Gasteiger partial charge in [-0.3, -0.25) is 14.4 Å². The van der Waals surface area contributed by atoms with Gasteiger partial charge in [0.2, 0.25) is 5.91 Å². The number of nitrogens with one attached hydrogen (secondary N) is 3. The van der Waals surface area contributed by atoms with E-state index in [9.17, 15) is 14.4 Å². The van der Waals surface area contributed by atoms with E-state index in [1.165, 1.54) is 17.8 Å². The number of carbonyl (C=O) groups excluding carboxylic acids is 3. The predicted octanol–water partition coefficient (Wildman–Crippen LogP) is 8.18. The van der Waals surface area contributed by atoms with Gasteiger partial charge in [0.25, 0.3) is 11.8 Å². The topological polar surface area (TPSA) is 110 Å². The normalized spacial score (nSPS) is 11.8. The fourth-order valence-corrected chi connectivity index (χ4v) is 5.37. The molecule has 0 radical (unpaired) electrons. The smallest absolute Gasteiger partial charge is 0.272 e. The van der Waals surface area contributed by atoms with Crippen LogP contribution in [0.3, 0.4) is 0 Å². The molecule has 8 nitrogen and oxygen atoms in total. The van der Waals surface area contributed by atoms with Crippen LogP contribution in [0.2, 0.25) is 0 Å². The third kappa shape index (κ3) is 9.24. The van der Waals surface area contributed by atoms with Crippen LogP contribution in [0.5, 0.6) is 5.75 Å². The largest absolute Gasteiger partial charge is 0.494 e. The molecule has 0 unspecified atom stereocenters. The standard InChI is InChI=1S/C38H35N3O5S/c1-4-45-31-18-14-29(15-19-31)39-36(42)26(3)47-33-21-16-30(17-22-33)40-38(44)34(41-37(43)28-8-6-5-7-9-28)24-32-20-23-35(46-32)27-12-10-25(2)11-13-27/h5-24,26H,4H2,1-3H3,(H,39,42)(H,40,44)(H,41,43)/b34-24-/t26-/m1/s1. The fourth-order valence-electron chi connectivity index (χ4n) is 4.51. The van der Waals surface area contributed by atoms with E-state index in [4.69, 9.17) is 9.15 Å². The molecule has 5 aromatic rings. The molecular formula is C38H35N3O5S. The Balaban J connectivity index is 1.25. The SMILES string of the molecule is CCOc1ccc(NC(=O)[C@@H](C)Sc2ccc(NC(=O)/C(=C/c3ccc(-c4ccc(C)cc4)o3)NC(=O)c3ccccc3)cc2)cc1. The van der Waals surface area contributed by atoms with Crippen molar-refractivity contribution in [3.05, 3.63) is 138 Å². The van der Waals surface area contributed by atoms with Gasteiger partial charge in [-0.2, -0.15) is 0 Å². The zero-order valence-electron chi connectivity index (χ0n) is 26.3. The lowest BCUT2D eigenvalue weighted by molar-refractivity contribution is -0.115. The van der Waals surface area contributed by atoms with Crippen molar-refractivity contribution >= 4 is 46.9 Å². The number of furan rings is 1. The molecule has 5 rings (SSSR count). The maximum absolute atomic E-state index is 13.5. The van der Waals surface area contributed by atoms with Crippen LogP contribution in [0.4, 0.5) is 11.4 Å². The minimum Gasteiger partial charge on any atom is -0.494 e. The Hall–Kier alpha value is -5.54. The van der Waals surface area contributed by atoms with Gasteiger partial charge in [0.05, 0.1) is 11.9 Å². The summed E-state index contributed by atoms with van der Waals surface area (Å²) in [5.74, 6) is 0.704. The zero-order valence-corrected chi connectivity index (χ0v) is 27.1. The lowest BCUT2D eigenvalue weighted by Crippen LogP contribution is -2.30. The van der Waals surface area contributed by atoms with E-state index in [-0.39, 0.29) is 16.9 Å². The van der Waals surface area contributed by atoms with E-state index in [0.717, 1.165) is 21.8 Å². The van der Waals surface area contributed by atoms with Gasteiger partial charge in [-0.25, -0.2) is 0 Å². The van der Waals surface area contributed by atoms with Crippen LogP contribution >= 0.6 is 11.8 Å². The molecule has 0 saturated carbocycles. The minimum absolute atomic E-state index is 0.0155. The molecule has 4 aromatic carbocycles. The Morgan fingerprint density at radius 2 is 1.47 bits per heavy atom. The molecular weight excluding hydrogens is 611 g/mol. The number of rotatable bonds is 12. The molecule has 0 spiro atoms. The highest BCUT2D eigenvalue weighted by molar-refractivity contribution is 8.00. The van der Waals surface area contributed by atoms with Crippen LogP contribution in [0.15, 0.2) is 130 Å². The monoisotopic (exact) mass is 645 g/mol. The van der Waals surface area contributed by atoms with Crippen molar-refractivity contribution in [3.63, 3.8) is 0 Å². The van der Waals surface area contributed by atoms with E-state index >= 15 is 0 Å². The lowest BCUT2D eigenvalue weighted by atomic mass is 10.1. The van der Waals surface area contributed by atoms with Crippen molar-refractivity contribution in [2.75, 3.05) is 17.2 Å². The molecule has 0 aliphatic carbocycles. The Morgan fingerprint density at radius 1 is 0.809 bits per heavy atom. The molecule has 1 atom stereocenters. The van der Waals surface area contributed by atoms with E-state index in [1.54, 1.807) is 54.6 Å². The van der Waals surface area contributed by atoms with Gasteiger partial charge in [-0.15, -0.1) is 11.8 Å². The van der Waals surface area contributed by atoms with Crippen molar-refractivity contribution in [3.8, 4) is 17.1 Å². The van der Waals surface area contributed by atoms with Crippen LogP contribution in [0, 0.1) is 6.92 Å². The lowest BCUT2D eigenvalue weighted by Gasteiger charge is -2.14. The number of ether oxygens (including phenoxy) is 1. The van der Waals surface area contributed by atoms with Crippen LogP contribution in [0.1, 0.15) is 35.5 Å². The number of aryl methyl sites for hydroxylation is 1. The van der Waals surface area contributed by atoms with Gasteiger partial charge in [0, 0.05) is 33.5 Å². The predicted molar refractivity (Wildman–Crippen MR) is 187 cm³/mol. The summed E-state index contributed by atoms with van der Waals surface area (Å²) in [6.45, 7) is 6.33. The average Bonchev–Trinajstić information content (AvgIpc) is 3.55. The number of hydrogen-bond acceptors (Lipinski definition) is 6. The second-order valence-electron chi connectivity index (χ2n) is 10.6. The summed E-state index contributed by atoms with van der Waals surface area (Å²) < 4.78 is 11.5. The molecule has 1 aromatic heterocycles. The molecule has 0 aliphatic rings. The fraction of sp³-hybridized carbons (Fsp3) is 0.132. The van der Waals surface area contributed by atoms with E-state index in [2.05, 4.69) is 16.0 Å². The second kappa shape index (κ2) is 15.6. The van der Waals surface area contributed by atoms with Gasteiger partial charge in [-0.1, -0.05) is 48.0 Å². The number of carbonyl (C=O) groups is 3. The summed E-state index contributed by atoms with van der Waals surface area (Å²) in [6.07, 6.45) is 1.50. The third-order valence-corrected chi connectivity index (χ3v) is 8.12. The summed E-state index contributed by atoms with van der Waals surface area (Å²) in [6, 6.07) is 34.5. The summed E-state index contributed by atoms with van der Waals surface area (Å²) in [7, 11) is 0. The van der Waals surface area contributed by atoms with Crippen molar-refractivity contribution in [2.24, 2.45) is 0 Å². The van der Waals surface area contributed by atoms with Crippen LogP contribution in [-0.2, 0) is 9.59 Å². The molecule has 3 N–H and O–H groups in total. The summed E-state index contributed by atoms with van der Waals surface area (Å²) >= 11 is 1.39. The average molecular weight is 646 g/mol. The van der Waals surface area contributed by atoms with Crippen LogP contribution < -0.4 is 20.7 Å². The third-order valence-electron chi connectivity index (χ3n) is 7.01. The molecule has 238 valence electrons.